The highest BCUT2D eigenvalue weighted by Crippen LogP contribution is 2.14. The van der Waals surface area contributed by atoms with Crippen molar-refractivity contribution in [2.45, 2.75) is 6.92 Å². The van der Waals surface area contributed by atoms with Gasteiger partial charge in [0.25, 0.3) is 0 Å². The third-order valence-corrected chi connectivity index (χ3v) is 3.16. The van der Waals surface area contributed by atoms with Gasteiger partial charge in [0.2, 0.25) is 0 Å². The van der Waals surface area contributed by atoms with E-state index in [0.29, 0.717) is 5.82 Å². The lowest BCUT2D eigenvalue weighted by Crippen LogP contribution is -2.20. The van der Waals surface area contributed by atoms with E-state index < -0.39 is 0 Å². The van der Waals surface area contributed by atoms with Crippen molar-refractivity contribution in [1.29, 1.82) is 0 Å². The van der Waals surface area contributed by atoms with Crippen LogP contribution in [-0.4, -0.2) is 15.6 Å². The highest BCUT2D eigenvalue weighted by Gasteiger charge is 2.04. The first kappa shape index (κ1) is 13.9. The summed E-state index contributed by atoms with van der Waals surface area (Å²) in [6.07, 6.45) is 3.94. The maximum atomic E-state index is 11.9. The highest BCUT2D eigenvalue weighted by atomic mass is 16.2. The van der Waals surface area contributed by atoms with Crippen LogP contribution in [0.3, 0.4) is 0 Å². The van der Waals surface area contributed by atoms with Crippen molar-refractivity contribution in [1.82, 2.24) is 9.55 Å². The molecule has 3 aromatic rings. The number of anilines is 2. The van der Waals surface area contributed by atoms with E-state index in [4.69, 9.17) is 0 Å². The standard InChI is InChI=1S/C17H16N4O/c1-13-5-4-6-16(18-13)20-17(22)19-14-7-9-15(10-8-14)21-11-2-3-12-21/h2-12H,1H3,(H2,18,19,20,22). The Labute approximate surface area is 128 Å². The number of amides is 2. The molecule has 0 aliphatic rings. The molecule has 5 heteroatoms. The summed E-state index contributed by atoms with van der Waals surface area (Å²) in [6, 6.07) is 16.7. The Morgan fingerprint density at radius 3 is 2.36 bits per heavy atom. The molecule has 0 radical (unpaired) electrons. The van der Waals surface area contributed by atoms with Crippen molar-refractivity contribution in [3.8, 4) is 5.69 Å². The van der Waals surface area contributed by atoms with E-state index in [1.807, 2.05) is 72.4 Å². The van der Waals surface area contributed by atoms with Crippen LogP contribution in [0.5, 0.6) is 0 Å². The Kier molecular flexibility index (Phi) is 3.87. The van der Waals surface area contributed by atoms with Crippen LogP contribution in [0.25, 0.3) is 5.69 Å². The van der Waals surface area contributed by atoms with Crippen LogP contribution < -0.4 is 10.6 Å². The third-order valence-electron chi connectivity index (χ3n) is 3.16. The van der Waals surface area contributed by atoms with Crippen LogP contribution in [0.2, 0.25) is 0 Å². The number of rotatable bonds is 3. The Bertz CT molecular complexity index is 764. The van der Waals surface area contributed by atoms with Crippen molar-refractivity contribution in [2.75, 3.05) is 10.6 Å². The van der Waals surface area contributed by atoms with Gasteiger partial charge in [0.15, 0.2) is 0 Å². The van der Waals surface area contributed by atoms with Crippen LogP contribution in [0.15, 0.2) is 67.0 Å². The van der Waals surface area contributed by atoms with E-state index >= 15 is 0 Å². The zero-order valence-corrected chi connectivity index (χ0v) is 12.2. The topological polar surface area (TPSA) is 59.0 Å². The van der Waals surface area contributed by atoms with Crippen LogP contribution in [-0.2, 0) is 0 Å². The number of carbonyl (C=O) groups excluding carboxylic acids is 1. The van der Waals surface area contributed by atoms with Gasteiger partial charge in [-0.1, -0.05) is 6.07 Å². The summed E-state index contributed by atoms with van der Waals surface area (Å²) in [5, 5.41) is 5.49. The second-order valence-electron chi connectivity index (χ2n) is 4.88. The molecular weight excluding hydrogens is 276 g/mol. The number of nitrogens with zero attached hydrogens (tertiary/aromatic N) is 2. The molecule has 1 aromatic carbocycles. The first-order valence-corrected chi connectivity index (χ1v) is 6.96. The first-order chi connectivity index (χ1) is 10.7. The quantitative estimate of drug-likeness (QED) is 0.771. The summed E-state index contributed by atoms with van der Waals surface area (Å²) in [7, 11) is 0. The normalized spacial score (nSPS) is 10.2. The number of aryl methyl sites for hydroxylation is 1. The van der Waals surface area contributed by atoms with Crippen LogP contribution in [0.4, 0.5) is 16.3 Å². The molecule has 0 aliphatic carbocycles. The van der Waals surface area contributed by atoms with Gasteiger partial charge in [0.1, 0.15) is 5.82 Å². The molecule has 2 aromatic heterocycles. The Morgan fingerprint density at radius 2 is 1.68 bits per heavy atom. The Balaban J connectivity index is 1.64. The molecule has 110 valence electrons. The summed E-state index contributed by atoms with van der Waals surface area (Å²) >= 11 is 0. The van der Waals surface area contributed by atoms with Crippen LogP contribution in [0.1, 0.15) is 5.69 Å². The van der Waals surface area contributed by atoms with Gasteiger partial charge in [-0.3, -0.25) is 5.32 Å². The van der Waals surface area contributed by atoms with Gasteiger partial charge in [0.05, 0.1) is 0 Å². The molecule has 3 rings (SSSR count). The summed E-state index contributed by atoms with van der Waals surface area (Å²) in [5.74, 6) is 0.529. The third kappa shape index (κ3) is 3.32. The van der Waals surface area contributed by atoms with E-state index in [1.165, 1.54) is 0 Å². The molecule has 0 unspecified atom stereocenters. The number of pyridine rings is 1. The number of hydrogen-bond donors (Lipinski definition) is 2. The molecule has 2 amide bonds. The first-order valence-electron chi connectivity index (χ1n) is 6.96. The predicted octanol–water partition coefficient (Wildman–Crippen LogP) is 3.82. The summed E-state index contributed by atoms with van der Waals surface area (Å²) in [4.78, 5) is 16.2. The van der Waals surface area contributed by atoms with Crippen molar-refractivity contribution >= 4 is 17.5 Å². The van der Waals surface area contributed by atoms with Crippen molar-refractivity contribution < 1.29 is 4.79 Å². The minimum absolute atomic E-state index is 0.313. The van der Waals surface area contributed by atoms with Crippen molar-refractivity contribution in [3.05, 3.63) is 72.7 Å². The maximum Gasteiger partial charge on any atom is 0.324 e. The van der Waals surface area contributed by atoms with Gasteiger partial charge < -0.3 is 9.88 Å². The monoisotopic (exact) mass is 292 g/mol. The molecule has 0 atom stereocenters. The summed E-state index contributed by atoms with van der Waals surface area (Å²) in [5.41, 5.74) is 2.62. The van der Waals surface area contributed by atoms with Crippen LogP contribution >= 0.6 is 0 Å². The number of urea groups is 1. The summed E-state index contributed by atoms with van der Waals surface area (Å²) in [6.45, 7) is 1.88. The number of carbonyl (C=O) groups is 1. The van der Waals surface area contributed by atoms with Gasteiger partial charge in [-0.05, 0) is 55.5 Å². The van der Waals surface area contributed by atoms with Gasteiger partial charge in [-0.2, -0.15) is 0 Å². The van der Waals surface area contributed by atoms with Gasteiger partial charge >= 0.3 is 6.03 Å². The van der Waals surface area contributed by atoms with E-state index in [0.717, 1.165) is 17.1 Å². The molecule has 22 heavy (non-hydrogen) atoms. The highest BCUT2D eigenvalue weighted by molar-refractivity contribution is 5.99. The van der Waals surface area contributed by atoms with Crippen LogP contribution in [0, 0.1) is 6.92 Å². The van der Waals surface area contributed by atoms with E-state index in [2.05, 4.69) is 15.6 Å². The second kappa shape index (κ2) is 6.13. The summed E-state index contributed by atoms with van der Waals surface area (Å²) < 4.78 is 2.00. The Morgan fingerprint density at radius 1 is 0.955 bits per heavy atom. The molecule has 0 saturated carbocycles. The van der Waals surface area contributed by atoms with E-state index in [9.17, 15) is 4.79 Å². The SMILES string of the molecule is Cc1cccc(NC(=O)Nc2ccc(-n3cccc3)cc2)n1. The molecule has 0 bridgehead atoms. The molecule has 2 heterocycles. The predicted molar refractivity (Wildman–Crippen MR) is 87.4 cm³/mol. The number of benzene rings is 1. The molecule has 0 saturated heterocycles. The second-order valence-corrected chi connectivity index (χ2v) is 4.88. The fourth-order valence-corrected chi connectivity index (χ4v) is 2.11. The Hall–Kier alpha value is -3.08. The van der Waals surface area contributed by atoms with Gasteiger partial charge in [-0.15, -0.1) is 0 Å². The fourth-order valence-electron chi connectivity index (χ4n) is 2.11. The van der Waals surface area contributed by atoms with Crippen molar-refractivity contribution in [3.63, 3.8) is 0 Å². The minimum atomic E-state index is -0.313. The number of aromatic nitrogens is 2. The maximum absolute atomic E-state index is 11.9. The number of nitrogens with one attached hydrogen (secondary N) is 2. The van der Waals surface area contributed by atoms with Gasteiger partial charge in [0, 0.05) is 29.5 Å². The largest absolute Gasteiger partial charge is 0.324 e. The lowest BCUT2D eigenvalue weighted by molar-refractivity contribution is 0.262. The number of hydrogen-bond acceptors (Lipinski definition) is 2. The van der Waals surface area contributed by atoms with Crippen molar-refractivity contribution in [2.24, 2.45) is 0 Å². The smallest absolute Gasteiger partial charge is 0.324 e. The van der Waals surface area contributed by atoms with E-state index in [-0.39, 0.29) is 6.03 Å². The average molecular weight is 292 g/mol. The molecular formula is C17H16N4O. The van der Waals surface area contributed by atoms with Gasteiger partial charge in [-0.25, -0.2) is 9.78 Å². The fraction of sp³-hybridized carbons (Fsp3) is 0.0588. The zero-order valence-electron chi connectivity index (χ0n) is 12.2. The molecule has 2 N–H and O–H groups in total. The molecule has 0 fully saturated rings. The average Bonchev–Trinajstić information content (AvgIpc) is 3.02. The minimum Gasteiger partial charge on any atom is -0.324 e. The molecule has 0 aliphatic heterocycles. The van der Waals surface area contributed by atoms with E-state index in [1.54, 1.807) is 6.07 Å². The molecule has 5 nitrogen and oxygen atoms in total. The lowest BCUT2D eigenvalue weighted by Gasteiger charge is -2.08. The molecule has 0 spiro atoms. The lowest BCUT2D eigenvalue weighted by atomic mass is 10.3. The zero-order chi connectivity index (χ0) is 15.4.